The van der Waals surface area contributed by atoms with E-state index in [0.717, 1.165) is 36.9 Å². The molecule has 1 aliphatic rings. The molecule has 0 aliphatic carbocycles. The van der Waals surface area contributed by atoms with E-state index in [-0.39, 0.29) is 11.8 Å². The van der Waals surface area contributed by atoms with Crippen LogP contribution in [-0.2, 0) is 11.2 Å². The largest absolute Gasteiger partial charge is 0.479 e. The minimum atomic E-state index is -0.0603. The molecule has 1 atom stereocenters. The Morgan fingerprint density at radius 2 is 2.11 bits per heavy atom. The molecule has 4 rings (SSSR count). The molecule has 1 amide bonds. The van der Waals surface area contributed by atoms with Crippen LogP contribution in [0.5, 0.6) is 5.88 Å². The zero-order valence-corrected chi connectivity index (χ0v) is 16.1. The van der Waals surface area contributed by atoms with Gasteiger partial charge >= 0.3 is 0 Å². The second kappa shape index (κ2) is 7.80. The fraction of sp³-hybridized carbons (Fsp3) is 0.333. The van der Waals surface area contributed by atoms with E-state index in [9.17, 15) is 4.79 Å². The summed E-state index contributed by atoms with van der Waals surface area (Å²) in [5.41, 5.74) is 4.04. The first-order valence-electron chi connectivity index (χ1n) is 9.51. The maximum Gasteiger partial charge on any atom is 0.239 e. The van der Waals surface area contributed by atoms with Crippen molar-refractivity contribution in [2.24, 2.45) is 5.92 Å². The summed E-state index contributed by atoms with van der Waals surface area (Å²) in [6, 6.07) is 7.67. The predicted octanol–water partition coefficient (Wildman–Crippen LogP) is 3.64. The molecule has 1 N–H and O–H groups in total. The second-order valence-electron chi connectivity index (χ2n) is 7.04. The van der Waals surface area contributed by atoms with Crippen molar-refractivity contribution in [3.05, 3.63) is 48.5 Å². The Balaban J connectivity index is 1.84. The number of fused-ring (bicyclic) bond motifs is 4. The molecule has 3 aromatic rings. The quantitative estimate of drug-likeness (QED) is 0.737. The van der Waals surface area contributed by atoms with Crippen LogP contribution in [0.25, 0.3) is 16.9 Å². The summed E-state index contributed by atoms with van der Waals surface area (Å²) in [4.78, 5) is 21.4. The van der Waals surface area contributed by atoms with Crippen LogP contribution in [0.15, 0.2) is 42.9 Å². The summed E-state index contributed by atoms with van der Waals surface area (Å²) in [5.74, 6) is 0.416. The zero-order valence-electron chi connectivity index (χ0n) is 16.1. The highest BCUT2D eigenvalue weighted by molar-refractivity contribution is 5.95. The lowest BCUT2D eigenvalue weighted by atomic mass is 10.00. The van der Waals surface area contributed by atoms with Gasteiger partial charge in [-0.15, -0.1) is 0 Å². The number of nitrogens with zero attached hydrogens (tertiary/aromatic N) is 4. The first kappa shape index (κ1) is 18.2. The maximum absolute atomic E-state index is 12.7. The van der Waals surface area contributed by atoms with Crippen molar-refractivity contribution in [1.29, 1.82) is 0 Å². The van der Waals surface area contributed by atoms with Crippen molar-refractivity contribution in [3.63, 3.8) is 0 Å². The Bertz CT molecular complexity index is 998. The van der Waals surface area contributed by atoms with Gasteiger partial charge in [-0.1, -0.05) is 13.3 Å². The van der Waals surface area contributed by atoms with Gasteiger partial charge in [0, 0.05) is 29.6 Å². The van der Waals surface area contributed by atoms with E-state index >= 15 is 0 Å². The van der Waals surface area contributed by atoms with Gasteiger partial charge in [-0.2, -0.15) is 5.10 Å². The average molecular weight is 377 g/mol. The van der Waals surface area contributed by atoms with E-state index in [1.54, 1.807) is 24.2 Å². The van der Waals surface area contributed by atoms with Crippen molar-refractivity contribution in [3.8, 4) is 22.8 Å². The molecule has 2 bridgehead atoms. The molecule has 0 aromatic carbocycles. The summed E-state index contributed by atoms with van der Waals surface area (Å²) in [7, 11) is 1.57. The van der Waals surface area contributed by atoms with Crippen LogP contribution in [0, 0.1) is 5.92 Å². The van der Waals surface area contributed by atoms with Gasteiger partial charge in [0.25, 0.3) is 0 Å². The van der Waals surface area contributed by atoms with Gasteiger partial charge in [-0.3, -0.25) is 9.78 Å². The number of aromatic nitrogens is 4. The Hall–Kier alpha value is -3.22. The van der Waals surface area contributed by atoms with Crippen LogP contribution in [0.4, 0.5) is 5.69 Å². The van der Waals surface area contributed by atoms with Gasteiger partial charge in [-0.25, -0.2) is 9.67 Å². The topological polar surface area (TPSA) is 81.9 Å². The zero-order chi connectivity index (χ0) is 19.5. The number of carbonyl (C=O) groups is 1. The highest BCUT2D eigenvalue weighted by atomic mass is 16.5. The number of pyridine rings is 2. The van der Waals surface area contributed by atoms with E-state index in [4.69, 9.17) is 9.84 Å². The van der Waals surface area contributed by atoms with Gasteiger partial charge < -0.3 is 10.1 Å². The molecule has 1 unspecified atom stereocenters. The normalized spacial score (nSPS) is 17.1. The lowest BCUT2D eigenvalue weighted by Gasteiger charge is -2.13. The average Bonchev–Trinajstić information content (AvgIpc) is 3.14. The van der Waals surface area contributed by atoms with E-state index in [0.29, 0.717) is 22.9 Å². The molecular formula is C21H23N5O2. The van der Waals surface area contributed by atoms with Crippen LogP contribution in [0.3, 0.4) is 0 Å². The predicted molar refractivity (Wildman–Crippen MR) is 106 cm³/mol. The van der Waals surface area contributed by atoms with Crippen LogP contribution in [0.2, 0.25) is 0 Å². The smallest absolute Gasteiger partial charge is 0.239 e. The second-order valence-corrected chi connectivity index (χ2v) is 7.04. The Morgan fingerprint density at radius 3 is 2.96 bits per heavy atom. The maximum atomic E-state index is 12.7. The molecular weight excluding hydrogens is 354 g/mol. The van der Waals surface area contributed by atoms with E-state index in [1.165, 1.54) is 0 Å². The van der Waals surface area contributed by atoms with Gasteiger partial charge in [0.15, 0.2) is 0 Å². The number of carbonyl (C=O) groups excluding carboxylic acids is 1. The standard InChI is InChI=1S/C21H23N5O2/c1-14-6-3-4-7-16-12-15(9-11-22-16)19-17(24-20(14)27)13-26(25-19)18-8-5-10-23-21(18)28-2/h5,8-14H,3-4,6-7H2,1-2H3,(H,24,27). The van der Waals surface area contributed by atoms with Crippen molar-refractivity contribution in [2.45, 2.75) is 32.6 Å². The number of amides is 1. The molecule has 1 aliphatic heterocycles. The lowest BCUT2D eigenvalue weighted by Crippen LogP contribution is -2.20. The third-order valence-corrected chi connectivity index (χ3v) is 5.02. The van der Waals surface area contributed by atoms with E-state index < -0.39 is 0 Å². The Kier molecular flexibility index (Phi) is 5.06. The molecule has 0 radical (unpaired) electrons. The molecule has 7 heteroatoms. The fourth-order valence-corrected chi connectivity index (χ4v) is 3.42. The number of methoxy groups -OCH3 is 1. The number of aryl methyl sites for hydroxylation is 1. The molecule has 144 valence electrons. The summed E-state index contributed by atoms with van der Waals surface area (Å²) in [6.07, 6.45) is 9.04. The van der Waals surface area contributed by atoms with Gasteiger partial charge in [-0.05, 0) is 43.5 Å². The van der Waals surface area contributed by atoms with Crippen LogP contribution in [-0.4, -0.2) is 32.8 Å². The first-order valence-corrected chi connectivity index (χ1v) is 9.51. The monoisotopic (exact) mass is 377 g/mol. The van der Waals surface area contributed by atoms with Crippen molar-refractivity contribution < 1.29 is 9.53 Å². The molecule has 0 saturated heterocycles. The third kappa shape index (κ3) is 3.60. The number of rotatable bonds is 2. The summed E-state index contributed by atoms with van der Waals surface area (Å²) < 4.78 is 7.06. The minimum Gasteiger partial charge on any atom is -0.479 e. The molecule has 3 aromatic heterocycles. The number of hydrogen-bond acceptors (Lipinski definition) is 5. The molecule has 28 heavy (non-hydrogen) atoms. The summed E-state index contributed by atoms with van der Waals surface area (Å²) in [6.45, 7) is 1.97. The van der Waals surface area contributed by atoms with Gasteiger partial charge in [0.1, 0.15) is 11.4 Å². The van der Waals surface area contributed by atoms with Crippen LogP contribution in [0.1, 0.15) is 31.9 Å². The molecule has 7 nitrogen and oxygen atoms in total. The van der Waals surface area contributed by atoms with Crippen molar-refractivity contribution >= 4 is 11.6 Å². The number of hydrogen-bond donors (Lipinski definition) is 1. The number of anilines is 1. The number of nitrogens with one attached hydrogen (secondary N) is 1. The minimum absolute atomic E-state index is 0.00815. The molecule has 0 saturated carbocycles. The highest BCUT2D eigenvalue weighted by Gasteiger charge is 2.20. The highest BCUT2D eigenvalue weighted by Crippen LogP contribution is 2.31. The van der Waals surface area contributed by atoms with Gasteiger partial charge in [0.05, 0.1) is 19.0 Å². The lowest BCUT2D eigenvalue weighted by molar-refractivity contribution is -0.119. The fourth-order valence-electron chi connectivity index (χ4n) is 3.42. The molecule has 4 heterocycles. The van der Waals surface area contributed by atoms with Crippen molar-refractivity contribution in [2.75, 3.05) is 12.4 Å². The van der Waals surface area contributed by atoms with Gasteiger partial charge in [0.2, 0.25) is 11.8 Å². The Morgan fingerprint density at radius 1 is 1.21 bits per heavy atom. The van der Waals surface area contributed by atoms with E-state index in [1.807, 2.05) is 37.4 Å². The van der Waals surface area contributed by atoms with Crippen molar-refractivity contribution in [1.82, 2.24) is 19.7 Å². The summed E-state index contributed by atoms with van der Waals surface area (Å²) in [5, 5.41) is 7.81. The van der Waals surface area contributed by atoms with Crippen LogP contribution >= 0.6 is 0 Å². The number of ether oxygens (including phenoxy) is 1. The first-order chi connectivity index (χ1) is 13.7. The Labute approximate surface area is 163 Å². The molecule has 0 fully saturated rings. The molecule has 0 spiro atoms. The SMILES string of the molecule is COc1ncccc1-n1cc2c(n1)-c1ccnc(c1)CCCCC(C)C(=O)N2. The van der Waals surface area contributed by atoms with Crippen LogP contribution < -0.4 is 10.1 Å². The third-order valence-electron chi connectivity index (χ3n) is 5.02. The van der Waals surface area contributed by atoms with E-state index in [2.05, 4.69) is 15.3 Å². The summed E-state index contributed by atoms with van der Waals surface area (Å²) >= 11 is 0.